The molecule has 0 spiro atoms. The number of Topliss-reactive ketones (excluding diaryl/α,β-unsaturated/α-hetero) is 1. The highest BCUT2D eigenvalue weighted by molar-refractivity contribution is 6.11. The lowest BCUT2D eigenvalue weighted by Gasteiger charge is -2.22. The lowest BCUT2D eigenvalue weighted by molar-refractivity contribution is -0.130. The third kappa shape index (κ3) is 3.28. The molecule has 8 heteroatoms. The minimum absolute atomic E-state index is 0.00265. The van der Waals surface area contributed by atoms with E-state index in [1.54, 1.807) is 31.2 Å². The first kappa shape index (κ1) is 19.3. The van der Waals surface area contributed by atoms with Gasteiger partial charge in [-0.3, -0.25) is 14.5 Å². The van der Waals surface area contributed by atoms with Crippen LogP contribution in [0.5, 0.6) is 11.5 Å². The molecule has 0 bridgehead atoms. The number of carbonyl (C=O) groups is 3. The SMILES string of the molecule is COc1cccc([C@@]2(C)NC(=O)N(CC(=O)c3ccc(OC)c(F)c3)C2=O)c1. The molecule has 1 aliphatic rings. The Labute approximate surface area is 161 Å². The van der Waals surface area contributed by atoms with Gasteiger partial charge in [-0.2, -0.15) is 0 Å². The highest BCUT2D eigenvalue weighted by Crippen LogP contribution is 2.31. The third-order valence-electron chi connectivity index (χ3n) is 4.70. The summed E-state index contributed by atoms with van der Waals surface area (Å²) in [5, 5.41) is 2.62. The fraction of sp³-hybridized carbons (Fsp3) is 0.250. The topological polar surface area (TPSA) is 84.9 Å². The molecule has 1 heterocycles. The van der Waals surface area contributed by atoms with E-state index >= 15 is 0 Å². The molecule has 3 amide bonds. The molecule has 1 atom stereocenters. The van der Waals surface area contributed by atoms with Crippen LogP contribution in [0.3, 0.4) is 0 Å². The molecule has 146 valence electrons. The van der Waals surface area contributed by atoms with Gasteiger partial charge in [0.05, 0.1) is 20.8 Å². The molecule has 1 saturated heterocycles. The molecule has 0 unspecified atom stereocenters. The predicted octanol–water partition coefficient (Wildman–Crippen LogP) is 2.49. The normalized spacial score (nSPS) is 18.8. The van der Waals surface area contributed by atoms with Gasteiger partial charge in [0.2, 0.25) is 0 Å². The second-order valence-corrected chi connectivity index (χ2v) is 6.45. The first-order valence-corrected chi connectivity index (χ1v) is 8.45. The summed E-state index contributed by atoms with van der Waals surface area (Å²) < 4.78 is 23.8. The van der Waals surface area contributed by atoms with Crippen molar-refractivity contribution >= 4 is 17.7 Å². The number of imide groups is 1. The van der Waals surface area contributed by atoms with E-state index in [2.05, 4.69) is 5.32 Å². The van der Waals surface area contributed by atoms with Crippen LogP contribution in [0.2, 0.25) is 0 Å². The van der Waals surface area contributed by atoms with Crippen molar-refractivity contribution < 1.29 is 28.2 Å². The Morgan fingerprint density at radius 2 is 1.89 bits per heavy atom. The summed E-state index contributed by atoms with van der Waals surface area (Å²) in [4.78, 5) is 38.6. The number of nitrogens with zero attached hydrogens (tertiary/aromatic N) is 1. The van der Waals surface area contributed by atoms with E-state index in [0.29, 0.717) is 11.3 Å². The molecule has 7 nitrogen and oxygen atoms in total. The minimum Gasteiger partial charge on any atom is -0.497 e. The predicted molar refractivity (Wildman–Crippen MR) is 97.9 cm³/mol. The summed E-state index contributed by atoms with van der Waals surface area (Å²) in [7, 11) is 2.81. The Bertz CT molecular complexity index is 961. The Kier molecular flexibility index (Phi) is 5.04. The van der Waals surface area contributed by atoms with Gasteiger partial charge < -0.3 is 14.8 Å². The zero-order valence-corrected chi connectivity index (χ0v) is 15.6. The zero-order valence-electron chi connectivity index (χ0n) is 15.6. The van der Waals surface area contributed by atoms with Gasteiger partial charge in [0.25, 0.3) is 5.91 Å². The van der Waals surface area contributed by atoms with Crippen molar-refractivity contribution in [3.63, 3.8) is 0 Å². The average molecular weight is 386 g/mol. The fourth-order valence-corrected chi connectivity index (χ4v) is 3.05. The maximum Gasteiger partial charge on any atom is 0.325 e. The van der Waals surface area contributed by atoms with Crippen LogP contribution in [-0.4, -0.2) is 43.4 Å². The number of rotatable bonds is 6. The molecule has 2 aromatic carbocycles. The minimum atomic E-state index is -1.34. The van der Waals surface area contributed by atoms with Gasteiger partial charge in [0.15, 0.2) is 17.3 Å². The van der Waals surface area contributed by atoms with Crippen molar-refractivity contribution in [2.45, 2.75) is 12.5 Å². The number of ketones is 1. The molecule has 28 heavy (non-hydrogen) atoms. The van der Waals surface area contributed by atoms with Crippen LogP contribution in [0.25, 0.3) is 0 Å². The quantitative estimate of drug-likeness (QED) is 0.609. The molecular weight excluding hydrogens is 367 g/mol. The molecule has 0 radical (unpaired) electrons. The molecule has 0 saturated carbocycles. The summed E-state index contributed by atoms with van der Waals surface area (Å²) in [6.07, 6.45) is 0. The lowest BCUT2D eigenvalue weighted by atomic mass is 9.92. The van der Waals surface area contributed by atoms with Crippen LogP contribution in [0.4, 0.5) is 9.18 Å². The van der Waals surface area contributed by atoms with Crippen molar-refractivity contribution in [2.24, 2.45) is 0 Å². The highest BCUT2D eigenvalue weighted by Gasteiger charge is 2.49. The molecule has 1 fully saturated rings. The molecule has 3 rings (SSSR count). The standard InChI is InChI=1S/C20H19FN2O5/c1-20(13-5-4-6-14(10-13)27-2)18(25)23(19(26)22-20)11-16(24)12-7-8-17(28-3)15(21)9-12/h4-10H,11H2,1-3H3,(H,22,26)/t20-/m1/s1. The number of nitrogens with one attached hydrogen (secondary N) is 1. The molecule has 1 aliphatic heterocycles. The first-order chi connectivity index (χ1) is 13.3. The Morgan fingerprint density at radius 3 is 2.54 bits per heavy atom. The van der Waals surface area contributed by atoms with E-state index < -0.39 is 35.6 Å². The number of hydrogen-bond acceptors (Lipinski definition) is 5. The van der Waals surface area contributed by atoms with Crippen LogP contribution in [0.15, 0.2) is 42.5 Å². The van der Waals surface area contributed by atoms with Crippen LogP contribution in [-0.2, 0) is 10.3 Å². The maximum atomic E-state index is 13.8. The summed E-state index contributed by atoms with van der Waals surface area (Å²) in [6, 6.07) is 9.76. The second kappa shape index (κ2) is 7.30. The van der Waals surface area contributed by atoms with Gasteiger partial charge in [-0.15, -0.1) is 0 Å². The van der Waals surface area contributed by atoms with Crippen LogP contribution >= 0.6 is 0 Å². The van der Waals surface area contributed by atoms with Gasteiger partial charge in [-0.05, 0) is 42.8 Å². The van der Waals surface area contributed by atoms with Crippen LogP contribution in [0, 0.1) is 5.82 Å². The highest BCUT2D eigenvalue weighted by atomic mass is 19.1. The van der Waals surface area contributed by atoms with Crippen LogP contribution < -0.4 is 14.8 Å². The van der Waals surface area contributed by atoms with E-state index in [1.165, 1.54) is 26.4 Å². The van der Waals surface area contributed by atoms with Crippen molar-refractivity contribution in [3.8, 4) is 11.5 Å². The molecule has 0 aliphatic carbocycles. The van der Waals surface area contributed by atoms with Gasteiger partial charge in [0.1, 0.15) is 11.3 Å². The smallest absolute Gasteiger partial charge is 0.325 e. The zero-order chi connectivity index (χ0) is 20.5. The first-order valence-electron chi connectivity index (χ1n) is 8.45. The number of methoxy groups -OCH3 is 2. The number of hydrogen-bond donors (Lipinski definition) is 1. The van der Waals surface area contributed by atoms with Gasteiger partial charge in [-0.25, -0.2) is 9.18 Å². The van der Waals surface area contributed by atoms with E-state index in [1.807, 2.05) is 0 Å². The van der Waals surface area contributed by atoms with Crippen molar-refractivity contribution in [3.05, 3.63) is 59.4 Å². The summed E-state index contributed by atoms with van der Waals surface area (Å²) in [6.45, 7) is 1.05. The largest absolute Gasteiger partial charge is 0.497 e. The van der Waals surface area contributed by atoms with Gasteiger partial charge in [-0.1, -0.05) is 12.1 Å². The van der Waals surface area contributed by atoms with Gasteiger partial charge >= 0.3 is 6.03 Å². The monoisotopic (exact) mass is 386 g/mol. The average Bonchev–Trinajstić information content (AvgIpc) is 2.92. The van der Waals surface area contributed by atoms with E-state index in [4.69, 9.17) is 9.47 Å². The van der Waals surface area contributed by atoms with E-state index in [-0.39, 0.29) is 11.3 Å². The lowest BCUT2D eigenvalue weighted by Crippen LogP contribution is -2.41. The third-order valence-corrected chi connectivity index (χ3v) is 4.70. The van der Waals surface area contributed by atoms with Crippen molar-refractivity contribution in [2.75, 3.05) is 20.8 Å². The van der Waals surface area contributed by atoms with Gasteiger partial charge in [0, 0.05) is 5.56 Å². The number of amides is 3. The molecule has 2 aromatic rings. The van der Waals surface area contributed by atoms with E-state index in [9.17, 15) is 18.8 Å². The molecule has 0 aromatic heterocycles. The summed E-state index contributed by atoms with van der Waals surface area (Å²) in [5.74, 6) is -1.32. The fourth-order valence-electron chi connectivity index (χ4n) is 3.05. The summed E-state index contributed by atoms with van der Waals surface area (Å²) in [5.41, 5.74) is -0.777. The molecular formula is C20H19FN2O5. The Balaban J connectivity index is 1.83. The van der Waals surface area contributed by atoms with E-state index in [0.717, 1.165) is 11.0 Å². The maximum absolute atomic E-state index is 13.8. The number of urea groups is 1. The second-order valence-electron chi connectivity index (χ2n) is 6.45. The summed E-state index contributed by atoms with van der Waals surface area (Å²) >= 11 is 0. The Hall–Kier alpha value is -3.42. The van der Waals surface area contributed by atoms with Crippen LogP contribution in [0.1, 0.15) is 22.8 Å². The number of halogens is 1. The van der Waals surface area contributed by atoms with Crippen molar-refractivity contribution in [1.29, 1.82) is 0 Å². The van der Waals surface area contributed by atoms with Crippen molar-refractivity contribution in [1.82, 2.24) is 10.2 Å². The Morgan fingerprint density at radius 1 is 1.14 bits per heavy atom. The molecule has 1 N–H and O–H groups in total. The number of benzene rings is 2. The number of carbonyl (C=O) groups excluding carboxylic acids is 3. The number of ether oxygens (including phenoxy) is 2.